The Bertz CT molecular complexity index is 421. The average molecular weight is 354 g/mol. The molecule has 0 unspecified atom stereocenters. The van der Waals surface area contributed by atoms with E-state index in [0.717, 1.165) is 10.0 Å². The summed E-state index contributed by atoms with van der Waals surface area (Å²) < 4.78 is 42.3. The first kappa shape index (κ1) is 17.3. The Hall–Kier alpha value is -0.750. The minimum atomic E-state index is -4.12. The van der Waals surface area contributed by atoms with Crippen LogP contribution in [0.1, 0.15) is 32.3 Å². The van der Waals surface area contributed by atoms with Crippen LogP contribution in [0.3, 0.4) is 0 Å². The zero-order chi connectivity index (χ0) is 15.2. The number of alkyl halides is 3. The lowest BCUT2D eigenvalue weighted by Crippen LogP contribution is -2.22. The van der Waals surface area contributed by atoms with Crippen molar-refractivity contribution >= 4 is 15.9 Å². The molecule has 0 heterocycles. The van der Waals surface area contributed by atoms with E-state index in [0.29, 0.717) is 18.3 Å². The molecule has 6 heteroatoms. The van der Waals surface area contributed by atoms with Crippen LogP contribution in [0.5, 0.6) is 5.75 Å². The van der Waals surface area contributed by atoms with Crippen LogP contribution in [0.2, 0.25) is 0 Å². The second-order valence-electron chi connectivity index (χ2n) is 4.86. The van der Waals surface area contributed by atoms with Crippen LogP contribution in [-0.2, 0) is 6.54 Å². The Morgan fingerprint density at radius 2 is 2.00 bits per heavy atom. The normalized spacial score (nSPS) is 11.9. The summed E-state index contributed by atoms with van der Waals surface area (Å²) >= 11 is 3.44. The Morgan fingerprint density at radius 1 is 1.30 bits per heavy atom. The van der Waals surface area contributed by atoms with Gasteiger partial charge in [-0.15, -0.1) is 0 Å². The molecule has 0 spiro atoms. The highest BCUT2D eigenvalue weighted by Crippen LogP contribution is 2.24. The summed E-state index contributed by atoms with van der Waals surface area (Å²) in [5, 5.41) is 3.28. The van der Waals surface area contributed by atoms with Crippen LogP contribution in [0.15, 0.2) is 22.7 Å². The predicted octanol–water partition coefficient (Wildman–Crippen LogP) is 4.67. The largest absolute Gasteiger partial charge is 0.494 e. The van der Waals surface area contributed by atoms with Gasteiger partial charge in [0.2, 0.25) is 0 Å². The van der Waals surface area contributed by atoms with Gasteiger partial charge in [0.1, 0.15) is 5.75 Å². The van der Waals surface area contributed by atoms with Crippen molar-refractivity contribution in [2.24, 2.45) is 0 Å². The third-order valence-electron chi connectivity index (χ3n) is 2.59. The first-order valence-electron chi connectivity index (χ1n) is 6.49. The monoisotopic (exact) mass is 353 g/mol. The maximum Gasteiger partial charge on any atom is 0.389 e. The molecule has 0 aromatic heterocycles. The molecule has 0 saturated carbocycles. The van der Waals surface area contributed by atoms with Crippen molar-refractivity contribution in [1.82, 2.24) is 5.32 Å². The average Bonchev–Trinajstić information content (AvgIpc) is 2.33. The molecule has 0 radical (unpaired) electrons. The Labute approximate surface area is 125 Å². The second-order valence-corrected chi connectivity index (χ2v) is 5.71. The quantitative estimate of drug-likeness (QED) is 0.719. The van der Waals surface area contributed by atoms with E-state index in [-0.39, 0.29) is 13.0 Å². The molecule has 20 heavy (non-hydrogen) atoms. The van der Waals surface area contributed by atoms with Crippen LogP contribution in [0, 0.1) is 0 Å². The topological polar surface area (TPSA) is 21.3 Å². The maximum absolute atomic E-state index is 12.0. The molecule has 1 rings (SSSR count). The van der Waals surface area contributed by atoms with Gasteiger partial charge < -0.3 is 10.1 Å². The van der Waals surface area contributed by atoms with E-state index in [1.54, 1.807) is 6.07 Å². The van der Waals surface area contributed by atoms with Gasteiger partial charge in [-0.2, -0.15) is 13.2 Å². The highest BCUT2D eigenvalue weighted by Gasteiger charge is 2.26. The van der Waals surface area contributed by atoms with Gasteiger partial charge in [-0.1, -0.05) is 29.8 Å². The SMILES string of the molecule is CC(C)NCc1cc(OCCCC(F)(F)F)ccc1Br. The summed E-state index contributed by atoms with van der Waals surface area (Å²) in [5.74, 6) is 0.593. The molecular formula is C14H19BrF3NO. The van der Waals surface area contributed by atoms with Crippen LogP contribution >= 0.6 is 15.9 Å². The van der Waals surface area contributed by atoms with Gasteiger partial charge in [-0.05, 0) is 30.2 Å². The van der Waals surface area contributed by atoms with Gasteiger partial charge in [0.15, 0.2) is 0 Å². The molecule has 0 bridgehead atoms. The van der Waals surface area contributed by atoms with Crippen LogP contribution < -0.4 is 10.1 Å². The van der Waals surface area contributed by atoms with E-state index < -0.39 is 12.6 Å². The predicted molar refractivity (Wildman–Crippen MR) is 76.9 cm³/mol. The lowest BCUT2D eigenvalue weighted by Gasteiger charge is -2.12. The molecule has 2 nitrogen and oxygen atoms in total. The fourth-order valence-electron chi connectivity index (χ4n) is 1.55. The summed E-state index contributed by atoms with van der Waals surface area (Å²) in [6.45, 7) is 4.84. The van der Waals surface area contributed by atoms with Gasteiger partial charge in [-0.25, -0.2) is 0 Å². The number of hydrogen-bond donors (Lipinski definition) is 1. The van der Waals surface area contributed by atoms with E-state index in [4.69, 9.17) is 4.74 Å². The number of hydrogen-bond acceptors (Lipinski definition) is 2. The molecule has 1 aromatic carbocycles. The summed E-state index contributed by atoms with van der Waals surface area (Å²) in [5.41, 5.74) is 1.02. The first-order chi connectivity index (χ1) is 9.28. The number of benzene rings is 1. The van der Waals surface area contributed by atoms with Gasteiger partial charge >= 0.3 is 6.18 Å². The number of rotatable bonds is 7. The Morgan fingerprint density at radius 3 is 2.60 bits per heavy atom. The lowest BCUT2D eigenvalue weighted by atomic mass is 10.2. The Balaban J connectivity index is 2.48. The van der Waals surface area contributed by atoms with E-state index in [1.807, 2.05) is 26.0 Å². The molecule has 114 valence electrons. The summed E-state index contributed by atoms with van der Waals surface area (Å²) in [6.07, 6.45) is -4.96. The molecular weight excluding hydrogens is 335 g/mol. The molecule has 0 saturated heterocycles. The smallest absolute Gasteiger partial charge is 0.389 e. The zero-order valence-corrected chi connectivity index (χ0v) is 13.1. The molecule has 1 aromatic rings. The van der Waals surface area contributed by atoms with Crippen molar-refractivity contribution in [3.8, 4) is 5.75 Å². The lowest BCUT2D eigenvalue weighted by molar-refractivity contribution is -0.136. The van der Waals surface area contributed by atoms with Crippen molar-refractivity contribution in [2.45, 2.75) is 45.5 Å². The molecule has 0 aliphatic rings. The second kappa shape index (κ2) is 7.88. The van der Waals surface area contributed by atoms with Gasteiger partial charge in [0.05, 0.1) is 6.61 Å². The molecule has 1 N–H and O–H groups in total. The van der Waals surface area contributed by atoms with E-state index in [2.05, 4.69) is 21.2 Å². The van der Waals surface area contributed by atoms with Crippen molar-refractivity contribution in [3.05, 3.63) is 28.2 Å². The highest BCUT2D eigenvalue weighted by atomic mass is 79.9. The van der Waals surface area contributed by atoms with Gasteiger partial charge in [0.25, 0.3) is 0 Å². The molecule has 0 aliphatic carbocycles. The maximum atomic E-state index is 12.0. The Kier molecular flexibility index (Phi) is 6.82. The van der Waals surface area contributed by atoms with Crippen LogP contribution in [0.4, 0.5) is 13.2 Å². The van der Waals surface area contributed by atoms with E-state index in [1.165, 1.54) is 0 Å². The molecule has 0 amide bonds. The summed E-state index contributed by atoms with van der Waals surface area (Å²) in [4.78, 5) is 0. The van der Waals surface area contributed by atoms with E-state index in [9.17, 15) is 13.2 Å². The number of halogens is 4. The van der Waals surface area contributed by atoms with Crippen LogP contribution in [-0.4, -0.2) is 18.8 Å². The molecule has 0 fully saturated rings. The van der Waals surface area contributed by atoms with Crippen LogP contribution in [0.25, 0.3) is 0 Å². The molecule has 0 atom stereocenters. The third kappa shape index (κ3) is 7.14. The van der Waals surface area contributed by atoms with E-state index >= 15 is 0 Å². The fraction of sp³-hybridized carbons (Fsp3) is 0.571. The minimum absolute atomic E-state index is 0.0286. The standard InChI is InChI=1S/C14H19BrF3NO/c1-10(2)19-9-11-8-12(4-5-13(11)15)20-7-3-6-14(16,17)18/h4-5,8,10,19H,3,6-7,9H2,1-2H3. The minimum Gasteiger partial charge on any atom is -0.494 e. The summed E-state index contributed by atoms with van der Waals surface area (Å²) in [7, 11) is 0. The molecule has 0 aliphatic heterocycles. The summed E-state index contributed by atoms with van der Waals surface area (Å²) in [6, 6.07) is 5.79. The highest BCUT2D eigenvalue weighted by molar-refractivity contribution is 9.10. The van der Waals surface area contributed by atoms with Gasteiger partial charge in [0, 0.05) is 23.5 Å². The fourth-order valence-corrected chi connectivity index (χ4v) is 1.94. The number of ether oxygens (including phenoxy) is 1. The zero-order valence-electron chi connectivity index (χ0n) is 11.6. The van der Waals surface area contributed by atoms with Crippen molar-refractivity contribution < 1.29 is 17.9 Å². The first-order valence-corrected chi connectivity index (χ1v) is 7.28. The van der Waals surface area contributed by atoms with Crippen molar-refractivity contribution in [1.29, 1.82) is 0 Å². The number of nitrogens with one attached hydrogen (secondary N) is 1. The van der Waals surface area contributed by atoms with Gasteiger partial charge in [-0.3, -0.25) is 0 Å². The third-order valence-corrected chi connectivity index (χ3v) is 3.36. The van der Waals surface area contributed by atoms with Crippen molar-refractivity contribution in [2.75, 3.05) is 6.61 Å². The van der Waals surface area contributed by atoms with Crippen molar-refractivity contribution in [3.63, 3.8) is 0 Å².